The molecule has 0 bridgehead atoms. The molecule has 0 radical (unpaired) electrons. The summed E-state index contributed by atoms with van der Waals surface area (Å²) in [6.45, 7) is 2.02. The van der Waals surface area contributed by atoms with Crippen molar-refractivity contribution in [2.75, 3.05) is 0 Å². The molecule has 1 heterocycles. The summed E-state index contributed by atoms with van der Waals surface area (Å²) in [5, 5.41) is 9.46. The lowest BCUT2D eigenvalue weighted by molar-refractivity contribution is 0.146. The molecule has 0 saturated carbocycles. The minimum atomic E-state index is -0.135. The van der Waals surface area contributed by atoms with Crippen LogP contribution in [0.1, 0.15) is 38.2 Å². The van der Waals surface area contributed by atoms with E-state index in [9.17, 15) is 5.11 Å². The third kappa shape index (κ3) is 2.76. The van der Waals surface area contributed by atoms with Gasteiger partial charge in [0, 0.05) is 6.42 Å². The monoisotopic (exact) mass is 220 g/mol. The Morgan fingerprint density at radius 2 is 2.25 bits per heavy atom. The van der Waals surface area contributed by atoms with Crippen LogP contribution in [-0.4, -0.2) is 17.3 Å². The zero-order chi connectivity index (χ0) is 11.4. The molecule has 0 saturated heterocycles. The average molecular weight is 220 g/mol. The van der Waals surface area contributed by atoms with Crippen molar-refractivity contribution in [1.29, 1.82) is 0 Å². The highest BCUT2D eigenvalue weighted by Crippen LogP contribution is 2.30. The van der Waals surface area contributed by atoms with Crippen LogP contribution in [0.3, 0.4) is 0 Å². The Bertz CT molecular complexity index is 310. The zero-order valence-corrected chi connectivity index (χ0v) is 9.86. The first-order valence-corrected chi connectivity index (χ1v) is 6.22. The largest absolute Gasteiger partial charge is 0.490 e. The fourth-order valence-corrected chi connectivity index (χ4v) is 2.20. The van der Waals surface area contributed by atoms with Gasteiger partial charge in [0.1, 0.15) is 11.9 Å². The van der Waals surface area contributed by atoms with E-state index in [1.54, 1.807) is 0 Å². The first kappa shape index (κ1) is 11.5. The third-order valence-electron chi connectivity index (χ3n) is 3.25. The van der Waals surface area contributed by atoms with Crippen LogP contribution in [0.4, 0.5) is 0 Å². The van der Waals surface area contributed by atoms with Gasteiger partial charge < -0.3 is 9.84 Å². The predicted octanol–water partition coefficient (Wildman–Crippen LogP) is 2.93. The lowest BCUT2D eigenvalue weighted by Gasteiger charge is -2.12. The van der Waals surface area contributed by atoms with E-state index in [-0.39, 0.29) is 6.10 Å². The lowest BCUT2D eigenvalue weighted by Crippen LogP contribution is -2.14. The van der Waals surface area contributed by atoms with Crippen molar-refractivity contribution >= 4 is 0 Å². The number of para-hydroxylation sites is 1. The Kier molecular flexibility index (Phi) is 3.83. The highest BCUT2D eigenvalue weighted by Gasteiger charge is 2.21. The second-order valence-electron chi connectivity index (χ2n) is 4.54. The maximum Gasteiger partial charge on any atom is 0.123 e. The highest BCUT2D eigenvalue weighted by molar-refractivity contribution is 5.37. The third-order valence-corrected chi connectivity index (χ3v) is 3.25. The van der Waals surface area contributed by atoms with E-state index in [0.29, 0.717) is 6.10 Å². The molecule has 1 aliphatic heterocycles. The summed E-state index contributed by atoms with van der Waals surface area (Å²) in [5.41, 5.74) is 1.32. The molecule has 0 amide bonds. The quantitative estimate of drug-likeness (QED) is 0.826. The average Bonchev–Trinajstić information content (AvgIpc) is 2.71. The van der Waals surface area contributed by atoms with Crippen molar-refractivity contribution in [3.05, 3.63) is 29.8 Å². The molecule has 0 fully saturated rings. The molecule has 2 unspecified atom stereocenters. The van der Waals surface area contributed by atoms with Crippen molar-refractivity contribution in [3.63, 3.8) is 0 Å². The molecule has 16 heavy (non-hydrogen) atoms. The maximum absolute atomic E-state index is 9.46. The van der Waals surface area contributed by atoms with Crippen LogP contribution >= 0.6 is 0 Å². The van der Waals surface area contributed by atoms with Gasteiger partial charge in [0.05, 0.1) is 6.10 Å². The van der Waals surface area contributed by atoms with Gasteiger partial charge in [0.2, 0.25) is 0 Å². The van der Waals surface area contributed by atoms with E-state index in [1.807, 2.05) is 19.1 Å². The topological polar surface area (TPSA) is 29.5 Å². The number of aliphatic hydroxyl groups is 1. The normalized spacial score (nSPS) is 20.2. The van der Waals surface area contributed by atoms with E-state index in [4.69, 9.17) is 4.74 Å². The van der Waals surface area contributed by atoms with Gasteiger partial charge in [-0.3, -0.25) is 0 Å². The minimum absolute atomic E-state index is 0.135. The van der Waals surface area contributed by atoms with Crippen LogP contribution < -0.4 is 4.74 Å². The predicted molar refractivity (Wildman–Crippen MR) is 64.7 cm³/mol. The zero-order valence-electron chi connectivity index (χ0n) is 9.86. The first-order valence-electron chi connectivity index (χ1n) is 6.22. The summed E-state index contributed by atoms with van der Waals surface area (Å²) in [5.74, 6) is 1.04. The van der Waals surface area contributed by atoms with Crippen molar-refractivity contribution < 1.29 is 9.84 Å². The molecular formula is C14H20O2. The van der Waals surface area contributed by atoms with Crippen molar-refractivity contribution in [1.82, 2.24) is 0 Å². The van der Waals surface area contributed by atoms with Crippen molar-refractivity contribution in [2.45, 2.75) is 51.2 Å². The Balaban J connectivity index is 1.75. The summed E-state index contributed by atoms with van der Waals surface area (Å²) in [6.07, 6.45) is 5.06. The number of hydrogen-bond acceptors (Lipinski definition) is 2. The van der Waals surface area contributed by atoms with Crippen molar-refractivity contribution in [3.8, 4) is 5.75 Å². The molecule has 0 spiro atoms. The Morgan fingerprint density at radius 3 is 3.00 bits per heavy atom. The Hall–Kier alpha value is -1.02. The summed E-state index contributed by atoms with van der Waals surface area (Å²) in [4.78, 5) is 0. The molecule has 1 N–H and O–H groups in total. The SMILES string of the molecule is CCC(O)CCCC1Cc2ccccc2O1. The lowest BCUT2D eigenvalue weighted by atomic mass is 10.0. The molecule has 1 aromatic rings. The molecule has 2 rings (SSSR count). The second kappa shape index (κ2) is 5.35. The first-order chi connectivity index (χ1) is 7.79. The number of ether oxygens (including phenoxy) is 1. The number of hydrogen-bond donors (Lipinski definition) is 1. The molecular weight excluding hydrogens is 200 g/mol. The van der Waals surface area contributed by atoms with Gasteiger partial charge in [0.15, 0.2) is 0 Å². The van der Waals surface area contributed by atoms with Gasteiger partial charge in [0.25, 0.3) is 0 Å². The fraction of sp³-hybridized carbons (Fsp3) is 0.571. The smallest absolute Gasteiger partial charge is 0.123 e. The number of benzene rings is 1. The van der Waals surface area contributed by atoms with Crippen LogP contribution in [0, 0.1) is 0 Å². The summed E-state index contributed by atoms with van der Waals surface area (Å²) >= 11 is 0. The van der Waals surface area contributed by atoms with Gasteiger partial charge in [-0.25, -0.2) is 0 Å². The molecule has 0 aromatic heterocycles. The Labute approximate surface area is 97.3 Å². The number of aliphatic hydroxyl groups excluding tert-OH is 1. The molecule has 2 nitrogen and oxygen atoms in total. The minimum Gasteiger partial charge on any atom is -0.490 e. The number of fused-ring (bicyclic) bond motifs is 1. The second-order valence-corrected chi connectivity index (χ2v) is 4.54. The van der Waals surface area contributed by atoms with Crippen LogP contribution in [0.15, 0.2) is 24.3 Å². The molecule has 88 valence electrons. The molecule has 0 aliphatic carbocycles. The molecule has 2 atom stereocenters. The summed E-state index contributed by atoms with van der Waals surface area (Å²) < 4.78 is 5.84. The van der Waals surface area contributed by atoms with E-state index < -0.39 is 0 Å². The van der Waals surface area contributed by atoms with E-state index in [1.165, 1.54) is 5.56 Å². The molecule has 1 aliphatic rings. The van der Waals surface area contributed by atoms with Gasteiger partial charge >= 0.3 is 0 Å². The molecule has 1 aromatic carbocycles. The highest BCUT2D eigenvalue weighted by atomic mass is 16.5. The van der Waals surface area contributed by atoms with Crippen LogP contribution in [0.25, 0.3) is 0 Å². The summed E-state index contributed by atoms with van der Waals surface area (Å²) in [6, 6.07) is 8.25. The van der Waals surface area contributed by atoms with Gasteiger partial charge in [-0.15, -0.1) is 0 Å². The standard InChI is InChI=1S/C14H20O2/c1-2-12(15)7-5-8-13-10-11-6-3-4-9-14(11)16-13/h3-4,6,9,12-13,15H,2,5,7-8,10H2,1H3. The Morgan fingerprint density at radius 1 is 1.44 bits per heavy atom. The summed E-state index contributed by atoms with van der Waals surface area (Å²) in [7, 11) is 0. The fourth-order valence-electron chi connectivity index (χ4n) is 2.20. The molecule has 2 heteroatoms. The van der Waals surface area contributed by atoms with Crippen LogP contribution in [0.2, 0.25) is 0 Å². The van der Waals surface area contributed by atoms with Crippen LogP contribution in [0.5, 0.6) is 5.75 Å². The van der Waals surface area contributed by atoms with E-state index >= 15 is 0 Å². The van der Waals surface area contributed by atoms with Gasteiger partial charge in [-0.05, 0) is 37.3 Å². The van der Waals surface area contributed by atoms with Gasteiger partial charge in [-0.1, -0.05) is 25.1 Å². The number of rotatable bonds is 5. The maximum atomic E-state index is 9.46. The van der Waals surface area contributed by atoms with Gasteiger partial charge in [-0.2, -0.15) is 0 Å². The van der Waals surface area contributed by atoms with E-state index in [0.717, 1.165) is 37.9 Å². The van der Waals surface area contributed by atoms with Crippen molar-refractivity contribution in [2.24, 2.45) is 0 Å². The van der Waals surface area contributed by atoms with Crippen LogP contribution in [-0.2, 0) is 6.42 Å². The van der Waals surface area contributed by atoms with E-state index in [2.05, 4.69) is 12.1 Å².